The molecule has 92 valence electrons. The van der Waals surface area contributed by atoms with Gasteiger partial charge in [-0.25, -0.2) is 4.98 Å². The first kappa shape index (κ1) is 10.8. The fourth-order valence-corrected chi connectivity index (χ4v) is 2.91. The SMILES string of the molecule is Cc1cccc2nc3c(cc12)[nH]c1cccc(Cl)c13. The lowest BCUT2D eigenvalue weighted by Crippen LogP contribution is -1.83. The van der Waals surface area contributed by atoms with Crippen molar-refractivity contribution >= 4 is 44.4 Å². The first-order valence-electron chi connectivity index (χ1n) is 6.20. The summed E-state index contributed by atoms with van der Waals surface area (Å²) in [6.07, 6.45) is 0. The lowest BCUT2D eigenvalue weighted by atomic mass is 10.1. The second-order valence-electron chi connectivity index (χ2n) is 4.81. The Bertz CT molecular complexity index is 938. The fraction of sp³-hybridized carbons (Fsp3) is 0.0625. The minimum absolute atomic E-state index is 0.739. The molecule has 2 nitrogen and oxygen atoms in total. The molecule has 1 N–H and O–H groups in total. The standard InChI is InChI=1S/C16H11ClN2/c1-9-4-2-6-12-10(9)8-14-16(19-12)15-11(17)5-3-7-13(15)18-14/h2-8,18H,1H3. The van der Waals surface area contributed by atoms with Gasteiger partial charge < -0.3 is 4.98 Å². The maximum absolute atomic E-state index is 6.30. The third-order valence-corrected chi connectivity index (χ3v) is 3.91. The Hall–Kier alpha value is -2.06. The van der Waals surface area contributed by atoms with E-state index in [-0.39, 0.29) is 0 Å². The van der Waals surface area contributed by atoms with Gasteiger partial charge in [-0.3, -0.25) is 0 Å². The summed E-state index contributed by atoms with van der Waals surface area (Å²) in [5.41, 5.74) is 5.25. The van der Waals surface area contributed by atoms with Crippen molar-refractivity contribution in [1.29, 1.82) is 0 Å². The predicted octanol–water partition coefficient (Wildman–Crippen LogP) is 4.83. The maximum atomic E-state index is 6.30. The highest BCUT2D eigenvalue weighted by atomic mass is 35.5. The van der Waals surface area contributed by atoms with Gasteiger partial charge in [-0.15, -0.1) is 0 Å². The number of nitrogens with zero attached hydrogens (tertiary/aromatic N) is 1. The van der Waals surface area contributed by atoms with E-state index in [0.717, 1.165) is 32.5 Å². The average molecular weight is 267 g/mol. The molecule has 19 heavy (non-hydrogen) atoms. The molecule has 0 saturated heterocycles. The number of benzene rings is 2. The van der Waals surface area contributed by atoms with E-state index >= 15 is 0 Å². The summed E-state index contributed by atoms with van der Waals surface area (Å²) in [4.78, 5) is 8.16. The first-order chi connectivity index (χ1) is 9.24. The Morgan fingerprint density at radius 2 is 1.89 bits per heavy atom. The van der Waals surface area contributed by atoms with Gasteiger partial charge in [0.15, 0.2) is 0 Å². The molecule has 4 aromatic rings. The molecule has 0 saturated carbocycles. The molecule has 0 aliphatic heterocycles. The molecule has 3 heteroatoms. The lowest BCUT2D eigenvalue weighted by molar-refractivity contribution is 1.45. The molecule has 0 bridgehead atoms. The van der Waals surface area contributed by atoms with E-state index in [9.17, 15) is 0 Å². The number of nitrogens with one attached hydrogen (secondary N) is 1. The van der Waals surface area contributed by atoms with Crippen LogP contribution in [0.5, 0.6) is 0 Å². The average Bonchev–Trinajstić information content (AvgIpc) is 2.76. The molecule has 0 spiro atoms. The molecule has 0 fully saturated rings. The van der Waals surface area contributed by atoms with E-state index in [2.05, 4.69) is 24.0 Å². The largest absolute Gasteiger partial charge is 0.353 e. The molecule has 0 amide bonds. The van der Waals surface area contributed by atoms with Crippen molar-refractivity contribution in [2.24, 2.45) is 0 Å². The quantitative estimate of drug-likeness (QED) is 0.485. The van der Waals surface area contributed by atoms with Crippen LogP contribution in [0.3, 0.4) is 0 Å². The van der Waals surface area contributed by atoms with Gasteiger partial charge in [0.1, 0.15) is 0 Å². The number of halogens is 1. The van der Waals surface area contributed by atoms with E-state index in [1.807, 2.05) is 30.3 Å². The van der Waals surface area contributed by atoms with E-state index in [0.29, 0.717) is 0 Å². The van der Waals surface area contributed by atoms with Crippen LogP contribution in [0.25, 0.3) is 32.8 Å². The summed E-state index contributed by atoms with van der Waals surface area (Å²) in [7, 11) is 0. The van der Waals surface area contributed by atoms with E-state index in [4.69, 9.17) is 16.6 Å². The molecule has 2 heterocycles. The number of aromatic nitrogens is 2. The highest BCUT2D eigenvalue weighted by Gasteiger charge is 2.10. The summed E-state index contributed by atoms with van der Waals surface area (Å²) < 4.78 is 0. The molecule has 0 aliphatic carbocycles. The van der Waals surface area contributed by atoms with Crippen LogP contribution in [0.4, 0.5) is 0 Å². The van der Waals surface area contributed by atoms with Crippen molar-refractivity contribution in [3.63, 3.8) is 0 Å². The van der Waals surface area contributed by atoms with Crippen LogP contribution in [-0.2, 0) is 0 Å². The number of aromatic amines is 1. The monoisotopic (exact) mass is 266 g/mol. The molecule has 2 aromatic carbocycles. The van der Waals surface area contributed by atoms with Crippen molar-refractivity contribution in [3.8, 4) is 0 Å². The summed E-state index contributed by atoms with van der Waals surface area (Å²) >= 11 is 6.30. The minimum atomic E-state index is 0.739. The number of pyridine rings is 1. The Kier molecular flexibility index (Phi) is 2.12. The Morgan fingerprint density at radius 1 is 1.05 bits per heavy atom. The van der Waals surface area contributed by atoms with Crippen molar-refractivity contribution < 1.29 is 0 Å². The van der Waals surface area contributed by atoms with Gasteiger partial charge in [-0.1, -0.05) is 29.8 Å². The highest BCUT2D eigenvalue weighted by Crippen LogP contribution is 2.32. The Balaban J connectivity index is 2.28. The molecule has 0 atom stereocenters. The van der Waals surface area contributed by atoms with Crippen LogP contribution in [0.15, 0.2) is 42.5 Å². The second kappa shape index (κ2) is 3.72. The van der Waals surface area contributed by atoms with Crippen LogP contribution in [0.2, 0.25) is 5.02 Å². The van der Waals surface area contributed by atoms with Crippen LogP contribution in [0, 0.1) is 6.92 Å². The number of hydrogen-bond donors (Lipinski definition) is 1. The number of hydrogen-bond acceptors (Lipinski definition) is 1. The van der Waals surface area contributed by atoms with Gasteiger partial charge in [0.25, 0.3) is 0 Å². The summed E-state index contributed by atoms with van der Waals surface area (Å²) in [6, 6.07) is 14.2. The zero-order valence-electron chi connectivity index (χ0n) is 10.4. The van der Waals surface area contributed by atoms with Gasteiger partial charge >= 0.3 is 0 Å². The zero-order chi connectivity index (χ0) is 13.0. The van der Waals surface area contributed by atoms with Crippen molar-refractivity contribution in [2.75, 3.05) is 0 Å². The molecule has 0 unspecified atom stereocenters. The van der Waals surface area contributed by atoms with Crippen LogP contribution >= 0.6 is 11.6 Å². The molecule has 0 radical (unpaired) electrons. The van der Waals surface area contributed by atoms with Crippen LogP contribution < -0.4 is 0 Å². The topological polar surface area (TPSA) is 28.7 Å². The maximum Gasteiger partial charge on any atom is 0.0980 e. The fourth-order valence-electron chi connectivity index (χ4n) is 2.64. The van der Waals surface area contributed by atoms with E-state index < -0.39 is 0 Å². The normalized spacial score (nSPS) is 11.7. The Morgan fingerprint density at radius 3 is 2.79 bits per heavy atom. The molecule has 2 aromatic heterocycles. The highest BCUT2D eigenvalue weighted by molar-refractivity contribution is 6.37. The molecule has 0 aliphatic rings. The zero-order valence-corrected chi connectivity index (χ0v) is 11.1. The number of H-pyrrole nitrogens is 1. The van der Waals surface area contributed by atoms with Gasteiger partial charge in [0.2, 0.25) is 0 Å². The molecular weight excluding hydrogens is 256 g/mol. The third-order valence-electron chi connectivity index (χ3n) is 3.60. The van der Waals surface area contributed by atoms with Crippen molar-refractivity contribution in [1.82, 2.24) is 9.97 Å². The second-order valence-corrected chi connectivity index (χ2v) is 5.22. The number of aryl methyl sites for hydroxylation is 1. The predicted molar refractivity (Wildman–Crippen MR) is 80.9 cm³/mol. The first-order valence-corrected chi connectivity index (χ1v) is 6.58. The van der Waals surface area contributed by atoms with Crippen LogP contribution in [-0.4, -0.2) is 9.97 Å². The lowest BCUT2D eigenvalue weighted by Gasteiger charge is -2.01. The van der Waals surface area contributed by atoms with E-state index in [1.165, 1.54) is 10.9 Å². The van der Waals surface area contributed by atoms with Gasteiger partial charge in [0.05, 0.1) is 21.6 Å². The third kappa shape index (κ3) is 1.47. The number of rotatable bonds is 0. The summed E-state index contributed by atoms with van der Waals surface area (Å²) in [5, 5.41) is 2.92. The molecule has 4 rings (SSSR count). The smallest absolute Gasteiger partial charge is 0.0980 e. The minimum Gasteiger partial charge on any atom is -0.353 e. The van der Waals surface area contributed by atoms with Crippen LogP contribution in [0.1, 0.15) is 5.56 Å². The van der Waals surface area contributed by atoms with Crippen molar-refractivity contribution in [3.05, 3.63) is 53.1 Å². The van der Waals surface area contributed by atoms with E-state index in [1.54, 1.807) is 0 Å². The summed E-state index contributed by atoms with van der Waals surface area (Å²) in [6.45, 7) is 2.10. The number of fused-ring (bicyclic) bond motifs is 4. The van der Waals surface area contributed by atoms with Crippen molar-refractivity contribution in [2.45, 2.75) is 6.92 Å². The van der Waals surface area contributed by atoms with Gasteiger partial charge in [0, 0.05) is 16.3 Å². The van der Waals surface area contributed by atoms with Gasteiger partial charge in [-0.2, -0.15) is 0 Å². The summed E-state index contributed by atoms with van der Waals surface area (Å²) in [5.74, 6) is 0. The molecular formula is C16H11ClN2. The van der Waals surface area contributed by atoms with Gasteiger partial charge in [-0.05, 0) is 36.8 Å². The Labute approximate surface area is 115 Å².